The molecule has 0 amide bonds. The van der Waals surface area contributed by atoms with Crippen LogP contribution in [-0.4, -0.2) is 18.6 Å². The highest BCUT2D eigenvalue weighted by Gasteiger charge is 2.16. The van der Waals surface area contributed by atoms with E-state index in [1.807, 2.05) is 24.3 Å². The molecule has 0 bridgehead atoms. The van der Waals surface area contributed by atoms with Gasteiger partial charge in [0, 0.05) is 25.9 Å². The third-order valence-corrected chi connectivity index (χ3v) is 3.16. The molecule has 4 nitrogen and oxygen atoms in total. The average Bonchev–Trinajstić information content (AvgIpc) is 2.82. The third kappa shape index (κ3) is 2.24. The number of ether oxygens (including phenoxy) is 1. The number of benzene rings is 1. The van der Waals surface area contributed by atoms with Crippen molar-refractivity contribution >= 4 is 0 Å². The zero-order valence-electron chi connectivity index (χ0n) is 10.4. The first-order valence-electron chi connectivity index (χ1n) is 6.16. The van der Waals surface area contributed by atoms with Gasteiger partial charge in [0.05, 0.1) is 12.8 Å². The molecule has 1 aromatic heterocycles. The van der Waals surface area contributed by atoms with Crippen molar-refractivity contribution in [3.8, 4) is 5.75 Å². The molecule has 94 valence electrons. The Labute approximate surface area is 106 Å². The molecule has 1 aliphatic rings. The number of nitrogens with zero attached hydrogens (tertiary/aromatic N) is 1. The SMILES string of the molecule is COc1ccc(Cc2nc3c(o2)CCNC3)cc1. The molecule has 2 aromatic rings. The van der Waals surface area contributed by atoms with Crippen LogP contribution in [0, 0.1) is 0 Å². The van der Waals surface area contributed by atoms with Crippen molar-refractivity contribution in [2.45, 2.75) is 19.4 Å². The van der Waals surface area contributed by atoms with Crippen LogP contribution < -0.4 is 10.1 Å². The van der Waals surface area contributed by atoms with Crippen LogP contribution in [-0.2, 0) is 19.4 Å². The maximum absolute atomic E-state index is 5.78. The number of methoxy groups -OCH3 is 1. The zero-order chi connectivity index (χ0) is 12.4. The second kappa shape index (κ2) is 4.82. The van der Waals surface area contributed by atoms with E-state index in [0.29, 0.717) is 0 Å². The highest BCUT2D eigenvalue weighted by Crippen LogP contribution is 2.19. The Bertz CT molecular complexity index is 508. The number of oxazole rings is 1. The highest BCUT2D eigenvalue weighted by atomic mass is 16.5. The van der Waals surface area contributed by atoms with Crippen molar-refractivity contribution in [3.63, 3.8) is 0 Å². The normalized spacial score (nSPS) is 14.3. The van der Waals surface area contributed by atoms with Gasteiger partial charge in [-0.15, -0.1) is 0 Å². The third-order valence-electron chi connectivity index (χ3n) is 3.16. The van der Waals surface area contributed by atoms with Crippen LogP contribution >= 0.6 is 0 Å². The number of rotatable bonds is 3. The highest BCUT2D eigenvalue weighted by molar-refractivity contribution is 5.29. The molecule has 0 atom stereocenters. The van der Waals surface area contributed by atoms with E-state index >= 15 is 0 Å². The van der Waals surface area contributed by atoms with Crippen LogP contribution in [0.4, 0.5) is 0 Å². The van der Waals surface area contributed by atoms with Crippen molar-refractivity contribution < 1.29 is 9.15 Å². The maximum atomic E-state index is 5.78. The van der Waals surface area contributed by atoms with Gasteiger partial charge in [0.1, 0.15) is 11.5 Å². The van der Waals surface area contributed by atoms with E-state index in [9.17, 15) is 0 Å². The lowest BCUT2D eigenvalue weighted by atomic mass is 10.1. The topological polar surface area (TPSA) is 47.3 Å². The monoisotopic (exact) mass is 244 g/mol. The molecule has 18 heavy (non-hydrogen) atoms. The van der Waals surface area contributed by atoms with Crippen LogP contribution in [0.25, 0.3) is 0 Å². The number of hydrogen-bond donors (Lipinski definition) is 1. The first-order valence-corrected chi connectivity index (χ1v) is 6.16. The van der Waals surface area contributed by atoms with E-state index in [1.165, 1.54) is 5.56 Å². The molecule has 1 aliphatic heterocycles. The van der Waals surface area contributed by atoms with Crippen LogP contribution in [0.3, 0.4) is 0 Å². The minimum absolute atomic E-state index is 0.733. The Kier molecular flexibility index (Phi) is 3.02. The summed E-state index contributed by atoms with van der Waals surface area (Å²) >= 11 is 0. The Morgan fingerprint density at radius 2 is 2.17 bits per heavy atom. The molecule has 0 radical (unpaired) electrons. The fraction of sp³-hybridized carbons (Fsp3) is 0.357. The summed E-state index contributed by atoms with van der Waals surface area (Å²) < 4.78 is 10.9. The van der Waals surface area contributed by atoms with Crippen LogP contribution in [0.15, 0.2) is 28.7 Å². The lowest BCUT2D eigenvalue weighted by Gasteiger charge is -2.08. The van der Waals surface area contributed by atoms with Crippen LogP contribution in [0.5, 0.6) is 5.75 Å². The maximum Gasteiger partial charge on any atom is 0.199 e. The van der Waals surface area contributed by atoms with Crippen molar-refractivity contribution in [1.82, 2.24) is 10.3 Å². The molecular weight excluding hydrogens is 228 g/mol. The number of hydrogen-bond acceptors (Lipinski definition) is 4. The molecule has 1 N–H and O–H groups in total. The number of aromatic nitrogens is 1. The summed E-state index contributed by atoms with van der Waals surface area (Å²) in [6.07, 6.45) is 1.67. The smallest absolute Gasteiger partial charge is 0.199 e. The van der Waals surface area contributed by atoms with Gasteiger partial charge in [-0.1, -0.05) is 12.1 Å². The Hall–Kier alpha value is -1.81. The average molecular weight is 244 g/mol. The fourth-order valence-electron chi connectivity index (χ4n) is 2.17. The van der Waals surface area contributed by atoms with Gasteiger partial charge in [-0.25, -0.2) is 4.98 Å². The summed E-state index contributed by atoms with van der Waals surface area (Å²) in [7, 11) is 1.67. The second-order valence-electron chi connectivity index (χ2n) is 4.43. The Morgan fingerprint density at radius 1 is 1.33 bits per heavy atom. The van der Waals surface area contributed by atoms with E-state index < -0.39 is 0 Å². The van der Waals surface area contributed by atoms with Gasteiger partial charge in [0.2, 0.25) is 0 Å². The molecule has 0 aliphatic carbocycles. The van der Waals surface area contributed by atoms with E-state index in [0.717, 1.165) is 49.0 Å². The largest absolute Gasteiger partial charge is 0.497 e. The van der Waals surface area contributed by atoms with Gasteiger partial charge < -0.3 is 14.5 Å². The molecule has 0 fully saturated rings. The summed E-state index contributed by atoms with van der Waals surface area (Å²) in [6, 6.07) is 8.00. The molecule has 3 rings (SSSR count). The first-order chi connectivity index (χ1) is 8.85. The zero-order valence-corrected chi connectivity index (χ0v) is 10.4. The van der Waals surface area contributed by atoms with E-state index in [1.54, 1.807) is 7.11 Å². The molecule has 0 saturated carbocycles. The minimum Gasteiger partial charge on any atom is -0.497 e. The Balaban J connectivity index is 1.76. The molecule has 4 heteroatoms. The predicted octanol–water partition coefficient (Wildman–Crippen LogP) is 1.92. The van der Waals surface area contributed by atoms with Gasteiger partial charge in [-0.2, -0.15) is 0 Å². The van der Waals surface area contributed by atoms with Crippen molar-refractivity contribution in [2.75, 3.05) is 13.7 Å². The van der Waals surface area contributed by atoms with Crippen molar-refractivity contribution in [2.24, 2.45) is 0 Å². The standard InChI is InChI=1S/C14H16N2O2/c1-17-11-4-2-10(3-5-11)8-14-16-12-9-15-7-6-13(12)18-14/h2-5,15H,6-9H2,1H3. The predicted molar refractivity (Wildman–Crippen MR) is 67.7 cm³/mol. The van der Waals surface area contributed by atoms with Gasteiger partial charge in [0.15, 0.2) is 5.89 Å². The van der Waals surface area contributed by atoms with Crippen molar-refractivity contribution in [1.29, 1.82) is 0 Å². The quantitative estimate of drug-likeness (QED) is 0.896. The van der Waals surface area contributed by atoms with E-state index in [2.05, 4.69) is 10.3 Å². The van der Waals surface area contributed by atoms with E-state index in [4.69, 9.17) is 9.15 Å². The summed E-state index contributed by atoms with van der Waals surface area (Å²) in [6.45, 7) is 1.80. The lowest BCUT2D eigenvalue weighted by molar-refractivity contribution is 0.414. The molecule has 0 spiro atoms. The van der Waals surface area contributed by atoms with Crippen LogP contribution in [0.2, 0.25) is 0 Å². The lowest BCUT2D eigenvalue weighted by Crippen LogP contribution is -2.22. The minimum atomic E-state index is 0.733. The summed E-state index contributed by atoms with van der Waals surface area (Å²) in [5, 5.41) is 3.29. The van der Waals surface area contributed by atoms with E-state index in [-0.39, 0.29) is 0 Å². The Morgan fingerprint density at radius 3 is 2.89 bits per heavy atom. The van der Waals surface area contributed by atoms with Gasteiger partial charge in [-0.05, 0) is 17.7 Å². The molecular formula is C14H16N2O2. The molecule has 0 saturated heterocycles. The molecule has 0 unspecified atom stereocenters. The summed E-state index contributed by atoms with van der Waals surface area (Å²) in [5.41, 5.74) is 2.24. The number of fused-ring (bicyclic) bond motifs is 1. The first kappa shape index (κ1) is 11.3. The van der Waals surface area contributed by atoms with Crippen LogP contribution in [0.1, 0.15) is 22.9 Å². The van der Waals surface area contributed by atoms with Gasteiger partial charge in [-0.3, -0.25) is 0 Å². The molecule has 2 heterocycles. The summed E-state index contributed by atoms with van der Waals surface area (Å²) in [4.78, 5) is 4.53. The van der Waals surface area contributed by atoms with Gasteiger partial charge in [0.25, 0.3) is 0 Å². The fourth-order valence-corrected chi connectivity index (χ4v) is 2.17. The van der Waals surface area contributed by atoms with Crippen molar-refractivity contribution in [3.05, 3.63) is 47.2 Å². The number of nitrogens with one attached hydrogen (secondary N) is 1. The van der Waals surface area contributed by atoms with Gasteiger partial charge >= 0.3 is 0 Å². The molecule has 1 aromatic carbocycles. The summed E-state index contributed by atoms with van der Waals surface area (Å²) in [5.74, 6) is 2.71. The second-order valence-corrected chi connectivity index (χ2v) is 4.43.